The van der Waals surface area contributed by atoms with Gasteiger partial charge >= 0.3 is 0 Å². The fourth-order valence-electron chi connectivity index (χ4n) is 0.887. The molecule has 0 aliphatic rings. The number of thioether (sulfide) groups is 1. The van der Waals surface area contributed by atoms with Gasteiger partial charge in [-0.05, 0) is 12.2 Å². The van der Waals surface area contributed by atoms with Gasteiger partial charge in [-0.15, -0.1) is 0 Å². The largest absolute Gasteiger partial charge is 0.396 e. The second-order valence-corrected chi connectivity index (χ2v) is 4.44. The maximum Gasteiger partial charge on any atom is 0.236 e. The van der Waals surface area contributed by atoms with Gasteiger partial charge in [0.1, 0.15) is 0 Å². The molecule has 14 heavy (non-hydrogen) atoms. The molecule has 1 heterocycles. The summed E-state index contributed by atoms with van der Waals surface area (Å²) < 4.78 is 5.06. The number of hydrogen-bond donors (Lipinski definition) is 1. The summed E-state index contributed by atoms with van der Waals surface area (Å²) in [5.74, 6) is 3.42. The maximum absolute atomic E-state index is 8.58. The third-order valence-electron chi connectivity index (χ3n) is 1.67. The van der Waals surface area contributed by atoms with E-state index in [2.05, 4.69) is 10.1 Å². The lowest BCUT2D eigenvalue weighted by Gasteiger charge is -1.94. The normalized spacial score (nSPS) is 11.1. The summed E-state index contributed by atoms with van der Waals surface area (Å²) in [6, 6.07) is 0. The Morgan fingerprint density at radius 3 is 2.86 bits per heavy atom. The molecule has 1 aromatic heterocycles. The molecule has 4 nitrogen and oxygen atoms in total. The topological polar surface area (TPSA) is 59.2 Å². The van der Waals surface area contributed by atoms with E-state index in [1.54, 1.807) is 11.8 Å². The molecule has 0 unspecified atom stereocenters. The average molecular weight is 216 g/mol. The van der Waals surface area contributed by atoms with E-state index in [0.717, 1.165) is 23.8 Å². The zero-order chi connectivity index (χ0) is 10.4. The van der Waals surface area contributed by atoms with Crippen molar-refractivity contribution in [1.82, 2.24) is 10.1 Å². The minimum atomic E-state index is 0.244. The first kappa shape index (κ1) is 11.5. The molecule has 80 valence electrons. The van der Waals surface area contributed by atoms with E-state index in [1.807, 2.05) is 13.8 Å². The molecule has 0 aliphatic heterocycles. The monoisotopic (exact) mass is 216 g/mol. The molecule has 1 rings (SSSR count). The Kier molecular flexibility index (Phi) is 4.97. The molecular weight excluding hydrogens is 200 g/mol. The molecule has 5 heteroatoms. The molecule has 0 saturated carbocycles. The van der Waals surface area contributed by atoms with Crippen LogP contribution in [0.15, 0.2) is 4.52 Å². The summed E-state index contributed by atoms with van der Waals surface area (Å²) in [5, 5.41) is 12.4. The van der Waals surface area contributed by atoms with Gasteiger partial charge in [0.2, 0.25) is 5.89 Å². The van der Waals surface area contributed by atoms with Crippen LogP contribution in [0.25, 0.3) is 0 Å². The number of hydrogen-bond acceptors (Lipinski definition) is 5. The highest BCUT2D eigenvalue weighted by atomic mass is 32.2. The van der Waals surface area contributed by atoms with E-state index in [4.69, 9.17) is 9.63 Å². The Morgan fingerprint density at radius 1 is 1.50 bits per heavy atom. The summed E-state index contributed by atoms with van der Waals surface area (Å²) >= 11 is 1.70. The third kappa shape index (κ3) is 3.67. The van der Waals surface area contributed by atoms with Crippen LogP contribution < -0.4 is 0 Å². The number of rotatable bonds is 6. The van der Waals surface area contributed by atoms with Gasteiger partial charge in [-0.1, -0.05) is 19.0 Å². The second kappa shape index (κ2) is 6.03. The van der Waals surface area contributed by atoms with Gasteiger partial charge in [-0.3, -0.25) is 0 Å². The summed E-state index contributed by atoms with van der Waals surface area (Å²) in [4.78, 5) is 4.25. The van der Waals surface area contributed by atoms with Gasteiger partial charge in [0.25, 0.3) is 0 Å². The standard InChI is InChI=1S/C9H16N2O2S/c1-7(2)9-10-8(13-11-9)6-14-5-3-4-12/h7,12H,3-6H2,1-2H3. The first-order valence-electron chi connectivity index (χ1n) is 4.75. The number of aromatic nitrogens is 2. The Balaban J connectivity index is 2.29. The quantitative estimate of drug-likeness (QED) is 0.735. The van der Waals surface area contributed by atoms with E-state index < -0.39 is 0 Å². The van der Waals surface area contributed by atoms with E-state index in [-0.39, 0.29) is 6.61 Å². The first-order chi connectivity index (χ1) is 6.74. The van der Waals surface area contributed by atoms with Crippen LogP contribution in [0, 0.1) is 0 Å². The number of aliphatic hydroxyl groups excluding tert-OH is 1. The highest BCUT2D eigenvalue weighted by Gasteiger charge is 2.08. The van der Waals surface area contributed by atoms with Gasteiger partial charge in [-0.25, -0.2) is 0 Å². The summed E-state index contributed by atoms with van der Waals surface area (Å²) in [7, 11) is 0. The minimum Gasteiger partial charge on any atom is -0.396 e. The van der Waals surface area contributed by atoms with Crippen LogP contribution in [-0.4, -0.2) is 27.6 Å². The van der Waals surface area contributed by atoms with Crippen molar-refractivity contribution < 1.29 is 9.63 Å². The second-order valence-electron chi connectivity index (χ2n) is 3.33. The molecule has 0 aromatic carbocycles. The molecule has 0 aliphatic carbocycles. The molecule has 0 spiro atoms. The molecule has 0 bridgehead atoms. The fraction of sp³-hybridized carbons (Fsp3) is 0.778. The Hall–Kier alpha value is -0.550. The van der Waals surface area contributed by atoms with Crippen molar-refractivity contribution in [2.24, 2.45) is 0 Å². The van der Waals surface area contributed by atoms with Gasteiger partial charge in [-0.2, -0.15) is 16.7 Å². The van der Waals surface area contributed by atoms with Crippen LogP contribution in [0.2, 0.25) is 0 Å². The molecule has 1 N–H and O–H groups in total. The zero-order valence-electron chi connectivity index (χ0n) is 8.56. The highest BCUT2D eigenvalue weighted by molar-refractivity contribution is 7.98. The predicted molar refractivity (Wildman–Crippen MR) is 56.3 cm³/mol. The summed E-state index contributed by atoms with van der Waals surface area (Å²) in [6.07, 6.45) is 0.815. The van der Waals surface area contributed by atoms with Crippen molar-refractivity contribution in [3.05, 3.63) is 11.7 Å². The van der Waals surface area contributed by atoms with E-state index in [9.17, 15) is 0 Å². The van der Waals surface area contributed by atoms with Crippen LogP contribution in [0.5, 0.6) is 0 Å². The summed E-state index contributed by atoms with van der Waals surface area (Å²) in [5.41, 5.74) is 0. The lowest BCUT2D eigenvalue weighted by molar-refractivity contribution is 0.296. The van der Waals surface area contributed by atoms with Crippen molar-refractivity contribution in [3.63, 3.8) is 0 Å². The van der Waals surface area contributed by atoms with Crippen molar-refractivity contribution in [1.29, 1.82) is 0 Å². The Labute approximate surface area is 88.1 Å². The highest BCUT2D eigenvalue weighted by Crippen LogP contribution is 2.14. The molecular formula is C9H16N2O2S. The Morgan fingerprint density at radius 2 is 2.29 bits per heavy atom. The molecule has 1 aromatic rings. The first-order valence-corrected chi connectivity index (χ1v) is 5.90. The van der Waals surface area contributed by atoms with Crippen molar-refractivity contribution in [2.75, 3.05) is 12.4 Å². The maximum atomic E-state index is 8.58. The van der Waals surface area contributed by atoms with Gasteiger partial charge < -0.3 is 9.63 Å². The lowest BCUT2D eigenvalue weighted by atomic mass is 10.2. The van der Waals surface area contributed by atoms with Crippen molar-refractivity contribution in [3.8, 4) is 0 Å². The van der Waals surface area contributed by atoms with Crippen LogP contribution in [0.1, 0.15) is 37.9 Å². The predicted octanol–water partition coefficient (Wildman–Crippen LogP) is 1.81. The fourth-order valence-corrected chi connectivity index (χ4v) is 1.66. The molecule has 0 amide bonds. The van der Waals surface area contributed by atoms with Crippen molar-refractivity contribution in [2.45, 2.75) is 31.9 Å². The summed E-state index contributed by atoms with van der Waals surface area (Å²) in [6.45, 7) is 4.31. The van der Waals surface area contributed by atoms with Crippen LogP contribution in [-0.2, 0) is 5.75 Å². The molecule has 0 fully saturated rings. The molecule has 0 radical (unpaired) electrons. The molecule has 0 saturated heterocycles. The van der Waals surface area contributed by atoms with E-state index in [0.29, 0.717) is 11.8 Å². The van der Waals surface area contributed by atoms with Gasteiger partial charge in [0, 0.05) is 12.5 Å². The Bertz CT molecular complexity index is 263. The SMILES string of the molecule is CC(C)c1noc(CSCCCO)n1. The number of aliphatic hydroxyl groups is 1. The smallest absolute Gasteiger partial charge is 0.236 e. The number of nitrogens with zero attached hydrogens (tertiary/aromatic N) is 2. The minimum absolute atomic E-state index is 0.244. The zero-order valence-corrected chi connectivity index (χ0v) is 9.38. The third-order valence-corrected chi connectivity index (χ3v) is 2.70. The van der Waals surface area contributed by atoms with E-state index in [1.165, 1.54) is 0 Å². The van der Waals surface area contributed by atoms with E-state index >= 15 is 0 Å². The van der Waals surface area contributed by atoms with Gasteiger partial charge in [0.15, 0.2) is 5.82 Å². The average Bonchev–Trinajstić information content (AvgIpc) is 2.61. The molecule has 0 atom stereocenters. The van der Waals surface area contributed by atoms with Crippen LogP contribution in [0.3, 0.4) is 0 Å². The van der Waals surface area contributed by atoms with Gasteiger partial charge in [0.05, 0.1) is 5.75 Å². The van der Waals surface area contributed by atoms with Crippen LogP contribution >= 0.6 is 11.8 Å². The lowest BCUT2D eigenvalue weighted by Crippen LogP contribution is -1.91. The van der Waals surface area contributed by atoms with Crippen molar-refractivity contribution >= 4 is 11.8 Å². The van der Waals surface area contributed by atoms with Crippen LogP contribution in [0.4, 0.5) is 0 Å².